The zero-order valence-corrected chi connectivity index (χ0v) is 13.9. The van der Waals surface area contributed by atoms with E-state index in [-0.39, 0.29) is 23.7 Å². The Balaban J connectivity index is 2.19. The monoisotopic (exact) mass is 309 g/mol. The molecule has 2 aliphatic rings. The van der Waals surface area contributed by atoms with Crippen molar-refractivity contribution in [3.05, 3.63) is 23.3 Å². The number of methoxy groups -OCH3 is 1. The molecule has 3 unspecified atom stereocenters. The third-order valence-corrected chi connectivity index (χ3v) is 4.63. The summed E-state index contributed by atoms with van der Waals surface area (Å²) in [6, 6.07) is 0. The molecule has 2 rings (SSSR count). The van der Waals surface area contributed by atoms with Crippen LogP contribution >= 0.6 is 0 Å². The topological polar surface area (TPSA) is 74.1 Å². The lowest BCUT2D eigenvalue weighted by Crippen LogP contribution is -2.50. The number of ether oxygens (including phenoxy) is 3. The number of carbonyl (C=O) groups excluding carboxylic acids is 1. The molecule has 1 spiro atoms. The number of amides is 1. The molecule has 1 aliphatic carbocycles. The highest BCUT2D eigenvalue weighted by Gasteiger charge is 2.59. The summed E-state index contributed by atoms with van der Waals surface area (Å²) in [7, 11) is 1.65. The third kappa shape index (κ3) is 3.70. The minimum Gasteiger partial charge on any atom is -0.444 e. The van der Waals surface area contributed by atoms with Crippen molar-refractivity contribution in [3.63, 3.8) is 0 Å². The maximum atomic E-state index is 11.1. The SMILES string of the molecule is COC1C(OC(N)=O)CC[C@]2(CO2)C1/C(C)=C/CC=C(C)C. The normalized spacial score (nSPS) is 34.4. The van der Waals surface area contributed by atoms with E-state index in [0.29, 0.717) is 0 Å². The Morgan fingerprint density at radius 2 is 2.05 bits per heavy atom. The predicted molar refractivity (Wildman–Crippen MR) is 84.5 cm³/mol. The van der Waals surface area contributed by atoms with Gasteiger partial charge in [0.25, 0.3) is 0 Å². The molecule has 5 nitrogen and oxygen atoms in total. The molecule has 1 heterocycles. The van der Waals surface area contributed by atoms with Crippen molar-refractivity contribution in [2.75, 3.05) is 13.7 Å². The Morgan fingerprint density at radius 1 is 1.36 bits per heavy atom. The van der Waals surface area contributed by atoms with Gasteiger partial charge in [-0.25, -0.2) is 4.79 Å². The lowest BCUT2D eigenvalue weighted by molar-refractivity contribution is -0.0872. The van der Waals surface area contributed by atoms with E-state index in [9.17, 15) is 4.79 Å². The number of allylic oxidation sites excluding steroid dienone is 3. The van der Waals surface area contributed by atoms with Gasteiger partial charge >= 0.3 is 6.09 Å². The summed E-state index contributed by atoms with van der Waals surface area (Å²) >= 11 is 0. The Labute approximate surface area is 132 Å². The highest BCUT2D eigenvalue weighted by Crippen LogP contribution is 2.50. The van der Waals surface area contributed by atoms with Crippen LogP contribution in [-0.2, 0) is 14.2 Å². The minimum absolute atomic E-state index is 0.0983. The van der Waals surface area contributed by atoms with Gasteiger partial charge in [0, 0.05) is 13.0 Å². The Kier molecular flexibility index (Phi) is 5.29. The first-order valence-corrected chi connectivity index (χ1v) is 7.82. The lowest BCUT2D eigenvalue weighted by Gasteiger charge is -2.40. The van der Waals surface area contributed by atoms with Gasteiger partial charge in [-0.2, -0.15) is 0 Å². The molecule has 2 fully saturated rings. The van der Waals surface area contributed by atoms with E-state index in [1.807, 2.05) is 0 Å². The second kappa shape index (κ2) is 6.84. The van der Waals surface area contributed by atoms with Crippen LogP contribution in [0.15, 0.2) is 23.3 Å². The highest BCUT2D eigenvalue weighted by molar-refractivity contribution is 5.64. The predicted octanol–water partition coefficient (Wildman–Crippen LogP) is 2.95. The molecule has 2 N–H and O–H groups in total. The van der Waals surface area contributed by atoms with E-state index in [1.165, 1.54) is 11.1 Å². The van der Waals surface area contributed by atoms with Gasteiger partial charge in [0.1, 0.15) is 17.8 Å². The Hall–Kier alpha value is -1.33. The summed E-state index contributed by atoms with van der Waals surface area (Å²) in [6.07, 6.45) is 5.60. The van der Waals surface area contributed by atoms with Crippen molar-refractivity contribution in [2.45, 2.75) is 57.8 Å². The molecule has 0 bridgehead atoms. The van der Waals surface area contributed by atoms with Gasteiger partial charge in [0.15, 0.2) is 0 Å². The van der Waals surface area contributed by atoms with Crippen LogP contribution in [0.2, 0.25) is 0 Å². The molecule has 1 aliphatic heterocycles. The highest BCUT2D eigenvalue weighted by atomic mass is 16.6. The molecule has 1 saturated heterocycles. The average molecular weight is 309 g/mol. The average Bonchev–Trinajstić information content (AvgIpc) is 3.19. The van der Waals surface area contributed by atoms with Crippen LogP contribution < -0.4 is 5.73 Å². The fraction of sp³-hybridized carbons (Fsp3) is 0.706. The number of hydrogen-bond acceptors (Lipinski definition) is 4. The van der Waals surface area contributed by atoms with Gasteiger partial charge in [0.2, 0.25) is 0 Å². The number of epoxide rings is 1. The maximum Gasteiger partial charge on any atom is 0.404 e. The van der Waals surface area contributed by atoms with Crippen LogP contribution in [-0.4, -0.2) is 37.6 Å². The van der Waals surface area contributed by atoms with Crippen LogP contribution in [0.1, 0.15) is 40.0 Å². The van der Waals surface area contributed by atoms with E-state index < -0.39 is 6.09 Å². The number of carbonyl (C=O) groups is 1. The second-order valence-electron chi connectivity index (χ2n) is 6.51. The molecule has 5 heteroatoms. The van der Waals surface area contributed by atoms with Crippen LogP contribution in [0, 0.1) is 5.92 Å². The molecule has 124 valence electrons. The number of rotatable bonds is 5. The summed E-state index contributed by atoms with van der Waals surface area (Å²) in [5, 5.41) is 0. The molecular weight excluding hydrogens is 282 g/mol. The van der Waals surface area contributed by atoms with E-state index in [0.717, 1.165) is 25.9 Å². The largest absolute Gasteiger partial charge is 0.444 e. The molecule has 22 heavy (non-hydrogen) atoms. The number of primary amides is 1. The van der Waals surface area contributed by atoms with Gasteiger partial charge in [0.05, 0.1) is 6.61 Å². The van der Waals surface area contributed by atoms with Crippen LogP contribution in [0.4, 0.5) is 4.79 Å². The van der Waals surface area contributed by atoms with Gasteiger partial charge in [-0.15, -0.1) is 0 Å². The first-order valence-electron chi connectivity index (χ1n) is 7.82. The summed E-state index contributed by atoms with van der Waals surface area (Å²) in [5.41, 5.74) is 7.56. The van der Waals surface area contributed by atoms with E-state index in [2.05, 4.69) is 32.9 Å². The smallest absolute Gasteiger partial charge is 0.404 e. The molecule has 1 saturated carbocycles. The first-order chi connectivity index (χ1) is 10.4. The number of hydrogen-bond donors (Lipinski definition) is 1. The van der Waals surface area contributed by atoms with Gasteiger partial charge in [-0.3, -0.25) is 0 Å². The van der Waals surface area contributed by atoms with Crippen LogP contribution in [0.3, 0.4) is 0 Å². The quantitative estimate of drug-likeness (QED) is 0.626. The van der Waals surface area contributed by atoms with E-state index in [1.54, 1.807) is 7.11 Å². The van der Waals surface area contributed by atoms with Crippen molar-refractivity contribution >= 4 is 6.09 Å². The van der Waals surface area contributed by atoms with E-state index in [4.69, 9.17) is 19.9 Å². The van der Waals surface area contributed by atoms with Crippen molar-refractivity contribution < 1.29 is 19.0 Å². The number of nitrogens with two attached hydrogens (primary N) is 1. The van der Waals surface area contributed by atoms with Crippen LogP contribution in [0.25, 0.3) is 0 Å². The molecule has 4 atom stereocenters. The molecule has 0 aromatic rings. The molecule has 0 radical (unpaired) electrons. The van der Waals surface area contributed by atoms with Crippen LogP contribution in [0.5, 0.6) is 0 Å². The molecular formula is C17H27NO4. The van der Waals surface area contributed by atoms with Crippen molar-refractivity contribution in [1.82, 2.24) is 0 Å². The van der Waals surface area contributed by atoms with Gasteiger partial charge in [-0.1, -0.05) is 23.3 Å². The molecule has 0 aromatic carbocycles. The van der Waals surface area contributed by atoms with Gasteiger partial charge in [-0.05, 0) is 40.0 Å². The summed E-state index contributed by atoms with van der Waals surface area (Å²) in [4.78, 5) is 11.1. The standard InChI is InChI=1S/C17H27NO4/c1-11(2)6-5-7-12(3)14-15(20-4)13(22-16(18)19)8-9-17(14)10-21-17/h6-7,13-15H,5,8-10H2,1-4H3,(H2,18,19)/b12-7+/t13?,14?,15?,17-/m0/s1. The van der Waals surface area contributed by atoms with Crippen molar-refractivity contribution in [1.29, 1.82) is 0 Å². The fourth-order valence-electron chi connectivity index (χ4n) is 3.48. The third-order valence-electron chi connectivity index (χ3n) is 4.63. The lowest BCUT2D eigenvalue weighted by atomic mass is 9.72. The van der Waals surface area contributed by atoms with Crippen molar-refractivity contribution in [2.24, 2.45) is 11.7 Å². The Morgan fingerprint density at radius 3 is 2.55 bits per heavy atom. The first kappa shape index (κ1) is 17.0. The van der Waals surface area contributed by atoms with Crippen molar-refractivity contribution in [3.8, 4) is 0 Å². The summed E-state index contributed by atoms with van der Waals surface area (Å²) in [5.74, 6) is 0.0983. The fourth-order valence-corrected chi connectivity index (χ4v) is 3.48. The summed E-state index contributed by atoms with van der Waals surface area (Å²) < 4.78 is 16.7. The maximum absolute atomic E-state index is 11.1. The molecule has 1 amide bonds. The minimum atomic E-state index is -0.746. The second-order valence-corrected chi connectivity index (χ2v) is 6.51. The summed E-state index contributed by atoms with van der Waals surface area (Å²) in [6.45, 7) is 7.02. The Bertz CT molecular complexity index is 475. The van der Waals surface area contributed by atoms with E-state index >= 15 is 0 Å². The zero-order chi connectivity index (χ0) is 16.3. The zero-order valence-electron chi connectivity index (χ0n) is 13.9. The molecule has 0 aromatic heterocycles. The van der Waals surface area contributed by atoms with Gasteiger partial charge < -0.3 is 19.9 Å².